The summed E-state index contributed by atoms with van der Waals surface area (Å²) in [7, 11) is 0. The molecular weight excluding hydrogens is 384 g/mol. The maximum absolute atomic E-state index is 11.2. The second-order valence-corrected chi connectivity index (χ2v) is 6.42. The summed E-state index contributed by atoms with van der Waals surface area (Å²) in [5.74, 6) is -1.72. The molecule has 6 heteroatoms. The number of aryl methyl sites for hydroxylation is 2. The molecule has 0 aromatic heterocycles. The molecule has 0 saturated heterocycles. The number of ether oxygens (including phenoxy) is 2. The van der Waals surface area contributed by atoms with E-state index in [1.54, 1.807) is 13.8 Å². The van der Waals surface area contributed by atoms with E-state index in [1.165, 1.54) is 0 Å². The number of carbonyl (C=O) groups excluding carboxylic acids is 3. The van der Waals surface area contributed by atoms with Crippen LogP contribution in [0.25, 0.3) is 0 Å². The van der Waals surface area contributed by atoms with Gasteiger partial charge in [0, 0.05) is 6.42 Å². The molecule has 0 radical (unpaired) electrons. The standard InChI is InChI=1S/C12H16O3.C12H14O3/c2*1-2-15-12(14)11(13)9-8-10-6-4-3-5-7-10/h3-7,11,13H,2,8-9H2,1H3;3-7H,2,8-9H2,1H3. The van der Waals surface area contributed by atoms with Crippen molar-refractivity contribution in [2.45, 2.75) is 45.6 Å². The number of ketones is 1. The van der Waals surface area contributed by atoms with Gasteiger partial charge in [-0.25, -0.2) is 9.59 Å². The molecule has 2 aromatic rings. The molecular formula is C24H30O6. The van der Waals surface area contributed by atoms with Crippen LogP contribution in [0.15, 0.2) is 60.7 Å². The first-order chi connectivity index (χ1) is 14.5. The summed E-state index contributed by atoms with van der Waals surface area (Å²) in [5, 5.41) is 9.44. The van der Waals surface area contributed by atoms with Crippen LogP contribution in [0.5, 0.6) is 0 Å². The average Bonchev–Trinajstić information content (AvgIpc) is 2.78. The molecule has 0 aliphatic heterocycles. The molecule has 0 spiro atoms. The van der Waals surface area contributed by atoms with Gasteiger partial charge in [-0.15, -0.1) is 0 Å². The maximum atomic E-state index is 11.2. The topological polar surface area (TPSA) is 89.9 Å². The van der Waals surface area contributed by atoms with Gasteiger partial charge in [-0.2, -0.15) is 0 Å². The van der Waals surface area contributed by atoms with Crippen LogP contribution < -0.4 is 0 Å². The second-order valence-electron chi connectivity index (χ2n) is 6.42. The smallest absolute Gasteiger partial charge is 0.374 e. The van der Waals surface area contributed by atoms with E-state index in [0.29, 0.717) is 25.9 Å². The van der Waals surface area contributed by atoms with Crippen molar-refractivity contribution in [2.24, 2.45) is 0 Å². The van der Waals surface area contributed by atoms with Crippen LogP contribution in [-0.4, -0.2) is 42.1 Å². The summed E-state index contributed by atoms with van der Waals surface area (Å²) in [4.78, 5) is 33.3. The Hall–Kier alpha value is -2.99. The molecule has 0 heterocycles. The van der Waals surface area contributed by atoms with Crippen molar-refractivity contribution >= 4 is 17.7 Å². The predicted octanol–water partition coefficient (Wildman–Crippen LogP) is 3.29. The highest BCUT2D eigenvalue weighted by molar-refractivity contribution is 6.33. The highest BCUT2D eigenvalue weighted by atomic mass is 16.5. The fraction of sp³-hybridized carbons (Fsp3) is 0.375. The summed E-state index contributed by atoms with van der Waals surface area (Å²) in [5.41, 5.74) is 2.16. The van der Waals surface area contributed by atoms with Gasteiger partial charge in [0.1, 0.15) is 0 Å². The number of aliphatic hydroxyl groups excluding tert-OH is 1. The molecule has 0 bridgehead atoms. The number of esters is 2. The van der Waals surface area contributed by atoms with Crippen LogP contribution in [0.2, 0.25) is 0 Å². The van der Waals surface area contributed by atoms with E-state index in [-0.39, 0.29) is 13.0 Å². The lowest BCUT2D eigenvalue weighted by atomic mass is 10.1. The molecule has 2 aromatic carbocycles. The SMILES string of the molecule is CCOC(=O)C(=O)CCc1ccccc1.CCOC(=O)C(O)CCc1ccccc1. The Labute approximate surface area is 177 Å². The largest absolute Gasteiger partial charge is 0.464 e. The fourth-order valence-corrected chi connectivity index (χ4v) is 2.52. The molecule has 30 heavy (non-hydrogen) atoms. The molecule has 1 atom stereocenters. The van der Waals surface area contributed by atoms with Crippen LogP contribution >= 0.6 is 0 Å². The van der Waals surface area contributed by atoms with Gasteiger partial charge in [0.2, 0.25) is 5.78 Å². The van der Waals surface area contributed by atoms with Crippen molar-refractivity contribution in [3.8, 4) is 0 Å². The molecule has 0 amide bonds. The Morgan fingerprint density at radius 1 is 0.800 bits per heavy atom. The summed E-state index contributed by atoms with van der Waals surface area (Å²) in [6.45, 7) is 3.96. The minimum absolute atomic E-state index is 0.211. The molecule has 1 unspecified atom stereocenters. The minimum Gasteiger partial charge on any atom is -0.464 e. The quantitative estimate of drug-likeness (QED) is 0.474. The lowest BCUT2D eigenvalue weighted by Gasteiger charge is -2.09. The van der Waals surface area contributed by atoms with E-state index in [9.17, 15) is 19.5 Å². The lowest BCUT2D eigenvalue weighted by molar-refractivity contribution is -0.153. The van der Waals surface area contributed by atoms with Gasteiger partial charge in [0.05, 0.1) is 13.2 Å². The van der Waals surface area contributed by atoms with Gasteiger partial charge in [-0.1, -0.05) is 60.7 Å². The highest BCUT2D eigenvalue weighted by Crippen LogP contribution is 2.06. The Balaban J connectivity index is 0.000000300. The van der Waals surface area contributed by atoms with E-state index < -0.39 is 23.8 Å². The summed E-state index contributed by atoms with van der Waals surface area (Å²) >= 11 is 0. The third-order valence-corrected chi connectivity index (χ3v) is 4.09. The van der Waals surface area contributed by atoms with E-state index in [2.05, 4.69) is 4.74 Å². The second kappa shape index (κ2) is 14.9. The van der Waals surface area contributed by atoms with E-state index in [4.69, 9.17) is 4.74 Å². The molecule has 2 rings (SSSR count). The number of benzene rings is 2. The number of carbonyl (C=O) groups is 3. The monoisotopic (exact) mass is 414 g/mol. The van der Waals surface area contributed by atoms with Crippen molar-refractivity contribution in [3.05, 3.63) is 71.8 Å². The van der Waals surface area contributed by atoms with Crippen molar-refractivity contribution in [1.82, 2.24) is 0 Å². The van der Waals surface area contributed by atoms with Gasteiger partial charge in [-0.3, -0.25) is 4.79 Å². The summed E-state index contributed by atoms with van der Waals surface area (Å²) in [6.07, 6.45) is 0.871. The molecule has 6 nitrogen and oxygen atoms in total. The van der Waals surface area contributed by atoms with E-state index in [0.717, 1.165) is 11.1 Å². The normalized spacial score (nSPS) is 10.9. The fourth-order valence-electron chi connectivity index (χ4n) is 2.52. The lowest BCUT2D eigenvalue weighted by Crippen LogP contribution is -2.23. The van der Waals surface area contributed by atoms with Gasteiger partial charge in [-0.05, 0) is 44.2 Å². The number of hydrogen-bond donors (Lipinski definition) is 1. The Morgan fingerprint density at radius 2 is 1.30 bits per heavy atom. The zero-order valence-electron chi connectivity index (χ0n) is 17.6. The van der Waals surface area contributed by atoms with E-state index >= 15 is 0 Å². The molecule has 162 valence electrons. The van der Waals surface area contributed by atoms with Gasteiger partial charge < -0.3 is 14.6 Å². The van der Waals surface area contributed by atoms with E-state index in [1.807, 2.05) is 60.7 Å². The van der Waals surface area contributed by atoms with Gasteiger partial charge >= 0.3 is 11.9 Å². The zero-order valence-corrected chi connectivity index (χ0v) is 17.6. The van der Waals surface area contributed by atoms with Crippen LogP contribution in [0.1, 0.15) is 37.8 Å². The number of hydrogen-bond acceptors (Lipinski definition) is 6. The van der Waals surface area contributed by atoms with Crippen LogP contribution in [0, 0.1) is 0 Å². The first-order valence-corrected chi connectivity index (χ1v) is 10.1. The zero-order chi connectivity index (χ0) is 22.2. The Bertz CT molecular complexity index is 758. The summed E-state index contributed by atoms with van der Waals surface area (Å²) < 4.78 is 9.31. The molecule has 0 aliphatic carbocycles. The van der Waals surface area contributed by atoms with Crippen LogP contribution in [0.3, 0.4) is 0 Å². The first kappa shape index (κ1) is 25.0. The average molecular weight is 414 g/mol. The number of rotatable bonds is 10. The Morgan fingerprint density at radius 3 is 1.80 bits per heavy atom. The van der Waals surface area contributed by atoms with Crippen molar-refractivity contribution in [1.29, 1.82) is 0 Å². The van der Waals surface area contributed by atoms with Crippen molar-refractivity contribution in [3.63, 3.8) is 0 Å². The molecule has 1 N–H and O–H groups in total. The van der Waals surface area contributed by atoms with Crippen LogP contribution in [-0.2, 0) is 36.7 Å². The Kier molecular flexibility index (Phi) is 12.5. The van der Waals surface area contributed by atoms with Crippen molar-refractivity contribution < 1.29 is 29.0 Å². The third-order valence-electron chi connectivity index (χ3n) is 4.09. The van der Waals surface area contributed by atoms with Crippen molar-refractivity contribution in [2.75, 3.05) is 13.2 Å². The minimum atomic E-state index is -1.01. The molecule has 0 fully saturated rings. The van der Waals surface area contributed by atoms with Crippen LogP contribution in [0.4, 0.5) is 0 Å². The first-order valence-electron chi connectivity index (χ1n) is 10.1. The maximum Gasteiger partial charge on any atom is 0.374 e. The number of aliphatic hydroxyl groups is 1. The summed E-state index contributed by atoms with van der Waals surface area (Å²) in [6, 6.07) is 19.3. The molecule has 0 saturated carbocycles. The van der Waals surface area contributed by atoms with Gasteiger partial charge in [0.15, 0.2) is 6.10 Å². The molecule has 0 aliphatic rings. The highest BCUT2D eigenvalue weighted by Gasteiger charge is 2.15. The predicted molar refractivity (Wildman–Crippen MR) is 114 cm³/mol. The van der Waals surface area contributed by atoms with Gasteiger partial charge in [0.25, 0.3) is 0 Å². The third kappa shape index (κ3) is 10.5. The number of Topliss-reactive ketones (excluding diaryl/α,β-unsaturated/α-hetero) is 1.